The van der Waals surface area contributed by atoms with Crippen molar-refractivity contribution in [3.05, 3.63) is 119 Å². The highest BCUT2D eigenvalue weighted by atomic mass is 16.6. The van der Waals surface area contributed by atoms with Crippen LogP contribution in [0.4, 0.5) is 0 Å². The van der Waals surface area contributed by atoms with Crippen LogP contribution in [0.25, 0.3) is 0 Å². The van der Waals surface area contributed by atoms with E-state index in [0.29, 0.717) is 12.0 Å². The summed E-state index contributed by atoms with van der Waals surface area (Å²) in [6.07, 6.45) is -10.3. The Hall–Kier alpha value is -6.27. The summed E-state index contributed by atoms with van der Waals surface area (Å²) in [5, 5.41) is 29.0. The van der Waals surface area contributed by atoms with Crippen LogP contribution in [0, 0.1) is 22.7 Å². The first-order valence-corrected chi connectivity index (χ1v) is 23.5. The molecule has 4 aliphatic rings. The van der Waals surface area contributed by atoms with Crippen LogP contribution in [0.5, 0.6) is 0 Å². The molecule has 0 unspecified atom stereocenters. The number of aliphatic hydroxyl groups excluding tert-OH is 1. The number of carbonyl (C=O) groups excluding carboxylic acids is 7. The lowest BCUT2D eigenvalue weighted by molar-refractivity contribution is -0.346. The summed E-state index contributed by atoms with van der Waals surface area (Å²) in [6.45, 7) is 11.5. The predicted octanol–water partition coefficient (Wildman–Crippen LogP) is 4.66. The van der Waals surface area contributed by atoms with Gasteiger partial charge in [-0.05, 0) is 60.7 Å². The topological polar surface area (TPSA) is 253 Å². The van der Waals surface area contributed by atoms with Crippen molar-refractivity contribution in [3.8, 4) is 0 Å². The second-order valence-corrected chi connectivity index (χ2v) is 19.7. The standard InChI is InChI=1S/C53H62N2O15/c1-9-28(2)39(54)48(62)68-42(40(32-19-13-10-14-20-32)55-46(60)33-21-15-11-16-22-33)49(63)67-35-26-53(64)45(69-47(61)34-23-17-12-18-24-34)43-51(8,36(58)25-37-52(43,27-65-37)70-31(5)57)44(59)41(66-30(4)56)38(29(35)3)50(53,6)7/h10-24,28,35-37,39-43,45,58,64H,9,25-27,54H2,1-8H3,(H,55,60)/t28-,35-,36-,37+,39-,40-,41+,42+,43-,45-,51+,52-,53+/m0/s1. The highest BCUT2D eigenvalue weighted by Gasteiger charge is 2.78. The van der Waals surface area contributed by atoms with E-state index in [-0.39, 0.29) is 35.3 Å². The van der Waals surface area contributed by atoms with Gasteiger partial charge < -0.3 is 49.7 Å². The van der Waals surface area contributed by atoms with Crippen LogP contribution in [-0.4, -0.2) is 112 Å². The van der Waals surface area contributed by atoms with Crippen LogP contribution >= 0.6 is 0 Å². The van der Waals surface area contributed by atoms with E-state index in [9.17, 15) is 34.2 Å². The van der Waals surface area contributed by atoms with E-state index < -0.39 is 131 Å². The molecule has 7 rings (SSSR count). The lowest BCUT2D eigenvalue weighted by Crippen LogP contribution is -2.82. The Labute approximate surface area is 406 Å². The van der Waals surface area contributed by atoms with Crippen LogP contribution in [0.15, 0.2) is 102 Å². The molecule has 13 atom stereocenters. The number of hydrogen-bond donors (Lipinski definition) is 4. The molecule has 0 radical (unpaired) electrons. The quantitative estimate of drug-likeness (QED) is 0.0974. The molecule has 0 aromatic heterocycles. The predicted molar refractivity (Wildman–Crippen MR) is 249 cm³/mol. The Morgan fingerprint density at radius 3 is 1.97 bits per heavy atom. The minimum atomic E-state index is -2.46. The zero-order valence-corrected chi connectivity index (χ0v) is 40.5. The van der Waals surface area contributed by atoms with E-state index in [1.807, 2.05) is 6.92 Å². The second kappa shape index (κ2) is 19.9. The summed E-state index contributed by atoms with van der Waals surface area (Å²) in [7, 11) is 0. The van der Waals surface area contributed by atoms with Crippen LogP contribution in [0.1, 0.15) is 107 Å². The van der Waals surface area contributed by atoms with Gasteiger partial charge in [0.1, 0.15) is 36.0 Å². The number of ether oxygens (including phenoxy) is 6. The molecule has 374 valence electrons. The summed E-state index contributed by atoms with van der Waals surface area (Å²) in [5.41, 5.74) is -1.02. The highest BCUT2D eigenvalue weighted by molar-refractivity contribution is 5.96. The van der Waals surface area contributed by atoms with Crippen molar-refractivity contribution in [1.29, 1.82) is 0 Å². The third-order valence-corrected chi connectivity index (χ3v) is 15.2. The number of ketones is 1. The molecule has 1 aliphatic heterocycles. The molecule has 2 bridgehead atoms. The summed E-state index contributed by atoms with van der Waals surface area (Å²) < 4.78 is 36.8. The average Bonchev–Trinajstić information content (AvgIpc) is 3.33. The first-order chi connectivity index (χ1) is 33.0. The minimum absolute atomic E-state index is 0.0373. The van der Waals surface area contributed by atoms with Crippen LogP contribution in [0.3, 0.4) is 0 Å². The number of hydrogen-bond acceptors (Lipinski definition) is 16. The molecule has 3 aliphatic carbocycles. The van der Waals surface area contributed by atoms with Crippen LogP contribution in [-0.2, 0) is 52.4 Å². The number of aliphatic hydroxyl groups is 2. The SMILES string of the molecule is CC[C@H](C)[C@H](N)C(=O)O[C@@H](C(=O)O[C@H]1C[C@@]2(O)[C@@H](OC(=O)c3ccccc3)[C@@H]3[C@]4(OC(C)=O)CO[C@@H]4C[C@H](O)[C@@]3(C)C(=O)[C@H](OC(C)=O)C(=C1C)C2(C)C)[C@@H](NC(=O)c1ccccc1)c1ccccc1. The van der Waals surface area contributed by atoms with Gasteiger partial charge in [-0.2, -0.15) is 0 Å². The maximum Gasteiger partial charge on any atom is 0.350 e. The smallest absolute Gasteiger partial charge is 0.350 e. The van der Waals surface area contributed by atoms with E-state index >= 15 is 9.59 Å². The first-order valence-electron chi connectivity index (χ1n) is 23.5. The minimum Gasteiger partial charge on any atom is -0.455 e. The van der Waals surface area contributed by atoms with E-state index in [1.54, 1.807) is 99.6 Å². The van der Waals surface area contributed by atoms with Gasteiger partial charge in [0.15, 0.2) is 17.5 Å². The number of esters is 5. The molecule has 1 saturated heterocycles. The summed E-state index contributed by atoms with van der Waals surface area (Å²) in [5.74, 6) is -8.39. The molecule has 5 N–H and O–H groups in total. The van der Waals surface area contributed by atoms with Crippen molar-refractivity contribution in [2.24, 2.45) is 28.4 Å². The highest BCUT2D eigenvalue weighted by Crippen LogP contribution is 2.64. The maximum atomic E-state index is 15.7. The van der Waals surface area contributed by atoms with E-state index in [1.165, 1.54) is 26.0 Å². The van der Waals surface area contributed by atoms with Gasteiger partial charge in [-0.3, -0.25) is 24.0 Å². The van der Waals surface area contributed by atoms with Gasteiger partial charge in [0.05, 0.1) is 29.6 Å². The Balaban J connectivity index is 1.43. The fourth-order valence-electron chi connectivity index (χ4n) is 11.0. The van der Waals surface area contributed by atoms with Gasteiger partial charge in [0.25, 0.3) is 5.91 Å². The van der Waals surface area contributed by atoms with E-state index in [4.69, 9.17) is 34.2 Å². The molecule has 3 aromatic carbocycles. The molecule has 70 heavy (non-hydrogen) atoms. The lowest BCUT2D eigenvalue weighted by Gasteiger charge is -2.67. The fourth-order valence-corrected chi connectivity index (χ4v) is 11.0. The normalized spacial score (nSPS) is 30.4. The second-order valence-electron chi connectivity index (χ2n) is 19.7. The molecular weight excluding hydrogens is 905 g/mol. The third kappa shape index (κ3) is 9.04. The summed E-state index contributed by atoms with van der Waals surface area (Å²) in [4.78, 5) is 99.7. The number of benzene rings is 3. The largest absolute Gasteiger partial charge is 0.455 e. The van der Waals surface area contributed by atoms with Gasteiger partial charge in [0.2, 0.25) is 6.10 Å². The number of nitrogens with two attached hydrogens (primary N) is 1. The van der Waals surface area contributed by atoms with Crippen LogP contribution in [0.2, 0.25) is 0 Å². The number of nitrogens with one attached hydrogen (secondary N) is 1. The average molecular weight is 967 g/mol. The van der Waals surface area contributed by atoms with Crippen molar-refractivity contribution in [1.82, 2.24) is 5.32 Å². The van der Waals surface area contributed by atoms with Gasteiger partial charge >= 0.3 is 29.8 Å². The Morgan fingerprint density at radius 1 is 0.843 bits per heavy atom. The number of fused-ring (bicyclic) bond motifs is 5. The number of amides is 1. The summed E-state index contributed by atoms with van der Waals surface area (Å²) >= 11 is 0. The zero-order valence-electron chi connectivity index (χ0n) is 40.5. The molecule has 3 aromatic rings. The molecule has 0 spiro atoms. The number of Topliss-reactive ketones (excluding diaryl/α,β-unsaturated/α-hetero) is 1. The monoisotopic (exact) mass is 966 g/mol. The lowest BCUT2D eigenvalue weighted by atomic mass is 9.44. The molecule has 17 heteroatoms. The Bertz CT molecular complexity index is 2530. The molecule has 3 fully saturated rings. The van der Waals surface area contributed by atoms with Crippen molar-refractivity contribution in [3.63, 3.8) is 0 Å². The number of carbonyl (C=O) groups is 7. The first kappa shape index (κ1) is 51.6. The van der Waals surface area contributed by atoms with Crippen LogP contribution < -0.4 is 11.1 Å². The zero-order chi connectivity index (χ0) is 51.1. The fraction of sp³-hybridized carbons (Fsp3) is 0.491. The van der Waals surface area contributed by atoms with Crippen molar-refractivity contribution >= 4 is 41.5 Å². The molecule has 1 heterocycles. The van der Waals surface area contributed by atoms with Gasteiger partial charge in [-0.25, -0.2) is 9.59 Å². The van der Waals surface area contributed by atoms with Gasteiger partial charge in [-0.15, -0.1) is 0 Å². The molecular formula is C53H62N2O15. The summed E-state index contributed by atoms with van der Waals surface area (Å²) in [6, 6.07) is 21.6. The van der Waals surface area contributed by atoms with Gasteiger partial charge in [0, 0.05) is 37.7 Å². The van der Waals surface area contributed by atoms with Crippen molar-refractivity contribution in [2.75, 3.05) is 6.61 Å². The molecule has 2 saturated carbocycles. The maximum absolute atomic E-state index is 15.7. The van der Waals surface area contributed by atoms with Crippen molar-refractivity contribution < 1.29 is 72.2 Å². The van der Waals surface area contributed by atoms with Gasteiger partial charge in [-0.1, -0.05) is 101 Å². The van der Waals surface area contributed by atoms with Crippen molar-refractivity contribution in [2.45, 2.75) is 135 Å². The Morgan fingerprint density at radius 2 is 1.43 bits per heavy atom. The number of rotatable bonds is 14. The van der Waals surface area contributed by atoms with E-state index in [0.717, 1.165) is 13.8 Å². The van der Waals surface area contributed by atoms with E-state index in [2.05, 4.69) is 5.32 Å². The molecule has 17 nitrogen and oxygen atoms in total. The third-order valence-electron chi connectivity index (χ3n) is 15.2. The molecule has 1 amide bonds. The Kier molecular flexibility index (Phi) is 14.6.